The summed E-state index contributed by atoms with van der Waals surface area (Å²) in [6.07, 6.45) is 4.45. The highest BCUT2D eigenvalue weighted by molar-refractivity contribution is 5.75. The van der Waals surface area contributed by atoms with Gasteiger partial charge in [-0.15, -0.1) is 0 Å². The molecule has 1 heterocycles. The van der Waals surface area contributed by atoms with Crippen LogP contribution in [0.3, 0.4) is 0 Å². The van der Waals surface area contributed by atoms with Gasteiger partial charge in [0.1, 0.15) is 0 Å². The Labute approximate surface area is 109 Å². The highest BCUT2D eigenvalue weighted by atomic mass is 16.4. The van der Waals surface area contributed by atoms with Gasteiger partial charge in [0.15, 0.2) is 0 Å². The molecule has 0 saturated carbocycles. The van der Waals surface area contributed by atoms with Crippen molar-refractivity contribution in [2.24, 2.45) is 11.8 Å². The zero-order chi connectivity index (χ0) is 13.5. The summed E-state index contributed by atoms with van der Waals surface area (Å²) in [5.41, 5.74) is 0. The van der Waals surface area contributed by atoms with Crippen molar-refractivity contribution < 1.29 is 14.7 Å². The number of nitrogens with zero attached hydrogens (tertiary/aromatic N) is 1. The molecule has 0 bridgehead atoms. The monoisotopic (exact) mass is 256 g/mol. The van der Waals surface area contributed by atoms with E-state index in [1.165, 1.54) is 12.8 Å². The molecule has 0 aliphatic carbocycles. The lowest BCUT2D eigenvalue weighted by Crippen LogP contribution is -2.43. The smallest absolute Gasteiger partial charge is 0.317 e. The zero-order valence-electron chi connectivity index (χ0n) is 11.3. The van der Waals surface area contributed by atoms with Crippen molar-refractivity contribution in [3.05, 3.63) is 0 Å². The van der Waals surface area contributed by atoms with Crippen LogP contribution in [0.25, 0.3) is 0 Å². The predicted octanol–water partition coefficient (Wildman–Crippen LogP) is 1.93. The molecule has 1 aliphatic heterocycles. The summed E-state index contributed by atoms with van der Waals surface area (Å²) >= 11 is 0. The minimum absolute atomic E-state index is 0.125. The standard InChI is InChI=1S/C13H24N2O3/c1-3-11-5-4-7-15(8-6-11)13(18)14-9-10(2)12(16)17/h10-11H,3-9H2,1-2H3,(H,14,18)(H,16,17). The van der Waals surface area contributed by atoms with Gasteiger partial charge in [-0.3, -0.25) is 4.79 Å². The van der Waals surface area contributed by atoms with Gasteiger partial charge in [0.2, 0.25) is 0 Å². The number of likely N-dealkylation sites (tertiary alicyclic amines) is 1. The Hall–Kier alpha value is -1.26. The summed E-state index contributed by atoms with van der Waals surface area (Å²) in [4.78, 5) is 24.4. The molecule has 1 rings (SSSR count). The third kappa shape index (κ3) is 4.55. The summed E-state index contributed by atoms with van der Waals surface area (Å²) in [6, 6.07) is -0.125. The van der Waals surface area contributed by atoms with Crippen LogP contribution in [0.15, 0.2) is 0 Å². The van der Waals surface area contributed by atoms with E-state index in [9.17, 15) is 9.59 Å². The first-order valence-corrected chi connectivity index (χ1v) is 6.80. The molecule has 0 radical (unpaired) electrons. The number of aliphatic carboxylic acids is 1. The Balaban J connectivity index is 2.35. The molecular weight excluding hydrogens is 232 g/mol. The van der Waals surface area contributed by atoms with Crippen LogP contribution in [0.4, 0.5) is 4.79 Å². The van der Waals surface area contributed by atoms with Crippen molar-refractivity contribution >= 4 is 12.0 Å². The lowest BCUT2D eigenvalue weighted by atomic mass is 9.98. The molecular formula is C13H24N2O3. The Kier molecular flexibility index (Phi) is 5.95. The first kappa shape index (κ1) is 14.8. The maximum absolute atomic E-state index is 11.9. The largest absolute Gasteiger partial charge is 0.481 e. The average Bonchev–Trinajstić information content (AvgIpc) is 2.60. The van der Waals surface area contributed by atoms with E-state index in [1.54, 1.807) is 6.92 Å². The highest BCUT2D eigenvalue weighted by Gasteiger charge is 2.20. The Morgan fingerprint density at radius 1 is 1.39 bits per heavy atom. The summed E-state index contributed by atoms with van der Waals surface area (Å²) in [5.74, 6) is -0.692. The van der Waals surface area contributed by atoms with Crippen LogP contribution in [0.1, 0.15) is 39.5 Å². The molecule has 18 heavy (non-hydrogen) atoms. The molecule has 2 atom stereocenters. The molecule has 2 N–H and O–H groups in total. The molecule has 2 amide bonds. The fourth-order valence-electron chi connectivity index (χ4n) is 2.22. The van der Waals surface area contributed by atoms with E-state index in [1.807, 2.05) is 4.90 Å². The molecule has 0 spiro atoms. The third-order valence-corrected chi connectivity index (χ3v) is 3.69. The van der Waals surface area contributed by atoms with Crippen molar-refractivity contribution in [3.8, 4) is 0 Å². The molecule has 1 fully saturated rings. The van der Waals surface area contributed by atoms with Crippen molar-refractivity contribution in [2.45, 2.75) is 39.5 Å². The number of amides is 2. The van der Waals surface area contributed by atoms with Gasteiger partial charge in [-0.2, -0.15) is 0 Å². The first-order chi connectivity index (χ1) is 8.54. The van der Waals surface area contributed by atoms with E-state index >= 15 is 0 Å². The summed E-state index contributed by atoms with van der Waals surface area (Å²) in [6.45, 7) is 5.55. The second-order valence-electron chi connectivity index (χ2n) is 5.12. The van der Waals surface area contributed by atoms with Crippen LogP contribution >= 0.6 is 0 Å². The number of nitrogens with one attached hydrogen (secondary N) is 1. The molecule has 2 unspecified atom stereocenters. The number of carboxylic acid groups (broad SMARTS) is 1. The van der Waals surface area contributed by atoms with Crippen molar-refractivity contribution in [3.63, 3.8) is 0 Å². The quantitative estimate of drug-likeness (QED) is 0.807. The number of urea groups is 1. The lowest BCUT2D eigenvalue weighted by Gasteiger charge is -2.21. The third-order valence-electron chi connectivity index (χ3n) is 3.69. The lowest BCUT2D eigenvalue weighted by molar-refractivity contribution is -0.140. The molecule has 104 valence electrons. The molecule has 0 aromatic carbocycles. The normalized spacial score (nSPS) is 22.1. The number of carbonyl (C=O) groups is 2. The Morgan fingerprint density at radius 2 is 2.11 bits per heavy atom. The number of hydrogen-bond donors (Lipinski definition) is 2. The second kappa shape index (κ2) is 7.24. The highest BCUT2D eigenvalue weighted by Crippen LogP contribution is 2.20. The SMILES string of the molecule is CCC1CCCN(C(=O)NCC(C)C(=O)O)CC1. The summed E-state index contributed by atoms with van der Waals surface area (Å²) < 4.78 is 0. The molecule has 5 heteroatoms. The van der Waals surface area contributed by atoms with Crippen LogP contribution in [0, 0.1) is 11.8 Å². The van der Waals surface area contributed by atoms with Gasteiger partial charge in [0.05, 0.1) is 5.92 Å². The first-order valence-electron chi connectivity index (χ1n) is 6.80. The van der Waals surface area contributed by atoms with Crippen LogP contribution < -0.4 is 5.32 Å². The van der Waals surface area contributed by atoms with Gasteiger partial charge in [-0.1, -0.05) is 20.3 Å². The van der Waals surface area contributed by atoms with Crippen molar-refractivity contribution in [1.29, 1.82) is 0 Å². The molecule has 1 aliphatic rings. The van der Waals surface area contributed by atoms with Gasteiger partial charge in [0.25, 0.3) is 0 Å². The van der Waals surface area contributed by atoms with Gasteiger partial charge >= 0.3 is 12.0 Å². The minimum Gasteiger partial charge on any atom is -0.481 e. The van der Waals surface area contributed by atoms with Gasteiger partial charge < -0.3 is 15.3 Å². The Bertz CT molecular complexity index is 294. The predicted molar refractivity (Wildman–Crippen MR) is 69.4 cm³/mol. The van der Waals surface area contributed by atoms with Crippen LogP contribution in [0.2, 0.25) is 0 Å². The second-order valence-corrected chi connectivity index (χ2v) is 5.12. The minimum atomic E-state index is -0.878. The van der Waals surface area contributed by atoms with E-state index < -0.39 is 11.9 Å². The van der Waals surface area contributed by atoms with Gasteiger partial charge in [-0.05, 0) is 25.2 Å². The zero-order valence-corrected chi connectivity index (χ0v) is 11.3. The fourth-order valence-corrected chi connectivity index (χ4v) is 2.22. The summed E-state index contributed by atoms with van der Waals surface area (Å²) in [7, 11) is 0. The Morgan fingerprint density at radius 3 is 2.72 bits per heavy atom. The topological polar surface area (TPSA) is 69.6 Å². The molecule has 0 aromatic rings. The van der Waals surface area contributed by atoms with E-state index in [0.717, 1.165) is 31.8 Å². The molecule has 0 aromatic heterocycles. The van der Waals surface area contributed by atoms with Crippen molar-refractivity contribution in [2.75, 3.05) is 19.6 Å². The van der Waals surface area contributed by atoms with Crippen molar-refractivity contribution in [1.82, 2.24) is 10.2 Å². The van der Waals surface area contributed by atoms with E-state index in [0.29, 0.717) is 0 Å². The van der Waals surface area contributed by atoms with Crippen LogP contribution in [-0.4, -0.2) is 41.6 Å². The molecule has 5 nitrogen and oxygen atoms in total. The summed E-state index contributed by atoms with van der Waals surface area (Å²) in [5, 5.41) is 11.5. The fraction of sp³-hybridized carbons (Fsp3) is 0.846. The van der Waals surface area contributed by atoms with Gasteiger partial charge in [0, 0.05) is 19.6 Å². The van der Waals surface area contributed by atoms with Gasteiger partial charge in [-0.25, -0.2) is 4.79 Å². The van der Waals surface area contributed by atoms with E-state index in [-0.39, 0.29) is 12.6 Å². The van der Waals surface area contributed by atoms with E-state index in [2.05, 4.69) is 12.2 Å². The average molecular weight is 256 g/mol. The maximum atomic E-state index is 11.9. The van der Waals surface area contributed by atoms with Crippen LogP contribution in [0.5, 0.6) is 0 Å². The number of hydrogen-bond acceptors (Lipinski definition) is 2. The van der Waals surface area contributed by atoms with Crippen LogP contribution in [-0.2, 0) is 4.79 Å². The van der Waals surface area contributed by atoms with E-state index in [4.69, 9.17) is 5.11 Å². The number of rotatable bonds is 4. The number of carbonyl (C=O) groups excluding carboxylic acids is 1. The number of carboxylic acids is 1. The molecule has 1 saturated heterocycles. The maximum Gasteiger partial charge on any atom is 0.317 e.